The number of aryl methyl sites for hydroxylation is 1. The highest BCUT2D eigenvalue weighted by Gasteiger charge is 2.33. The van der Waals surface area contributed by atoms with Gasteiger partial charge in [-0.1, -0.05) is 12.8 Å². The summed E-state index contributed by atoms with van der Waals surface area (Å²) in [6.45, 7) is 5.55. The van der Waals surface area contributed by atoms with Crippen LogP contribution in [0.3, 0.4) is 0 Å². The van der Waals surface area contributed by atoms with Gasteiger partial charge in [0.05, 0.1) is 6.54 Å². The molecule has 25 heavy (non-hydrogen) atoms. The molecule has 1 N–H and O–H groups in total. The van der Waals surface area contributed by atoms with Crippen LogP contribution in [0, 0.1) is 5.41 Å². The van der Waals surface area contributed by atoms with Crippen molar-refractivity contribution >= 4 is 21.9 Å². The molecule has 2 rings (SSSR count). The van der Waals surface area contributed by atoms with Gasteiger partial charge in [0.25, 0.3) is 0 Å². The molecule has 0 radical (unpaired) electrons. The molecular formula is C19H33BrN4O. The lowest BCUT2D eigenvalue weighted by Crippen LogP contribution is -2.44. The predicted octanol–water partition coefficient (Wildman–Crippen LogP) is 3.78. The molecule has 1 aliphatic rings. The summed E-state index contributed by atoms with van der Waals surface area (Å²) in [6, 6.07) is 2.16. The smallest absolute Gasteiger partial charge is 0.193 e. The van der Waals surface area contributed by atoms with Crippen molar-refractivity contribution in [3.8, 4) is 0 Å². The molecule has 0 atom stereocenters. The van der Waals surface area contributed by atoms with Crippen LogP contribution in [-0.2, 0) is 18.3 Å². The molecule has 0 aliphatic heterocycles. The van der Waals surface area contributed by atoms with Gasteiger partial charge in [0, 0.05) is 57.3 Å². The number of nitrogens with one attached hydrogen (secondary N) is 1. The molecule has 1 aromatic heterocycles. The van der Waals surface area contributed by atoms with Crippen LogP contribution in [0.1, 0.15) is 44.7 Å². The number of ether oxygens (including phenoxy) is 1. The van der Waals surface area contributed by atoms with E-state index in [1.165, 1.54) is 31.4 Å². The zero-order valence-electron chi connectivity index (χ0n) is 16.1. The number of nitrogens with zero attached hydrogens (tertiary/aromatic N) is 3. The van der Waals surface area contributed by atoms with Gasteiger partial charge >= 0.3 is 0 Å². The van der Waals surface area contributed by atoms with E-state index in [0.717, 1.165) is 43.2 Å². The fraction of sp³-hybridized carbons (Fsp3) is 0.737. The van der Waals surface area contributed by atoms with Crippen molar-refractivity contribution in [2.45, 2.75) is 45.6 Å². The SMILES string of the molecule is CCOCCC1(CNC(=NC)N(C)Cc2cc(Br)cn2C)CCCC1. The average molecular weight is 413 g/mol. The highest BCUT2D eigenvalue weighted by Crippen LogP contribution is 2.40. The minimum absolute atomic E-state index is 0.361. The summed E-state index contributed by atoms with van der Waals surface area (Å²) in [5, 5.41) is 3.62. The third kappa shape index (κ3) is 5.74. The van der Waals surface area contributed by atoms with E-state index in [9.17, 15) is 0 Å². The Morgan fingerprint density at radius 2 is 2.16 bits per heavy atom. The van der Waals surface area contributed by atoms with Crippen molar-refractivity contribution in [3.63, 3.8) is 0 Å². The standard InChI is InChI=1S/C19H33BrN4O/c1-5-25-11-10-19(8-6-7-9-19)15-22-18(21-2)24(4)14-17-12-16(20)13-23(17)3/h12-13H,5-11,14-15H2,1-4H3,(H,21,22). The number of aliphatic imine (C=N–C) groups is 1. The lowest BCUT2D eigenvalue weighted by Gasteiger charge is -2.32. The number of hydrogen-bond acceptors (Lipinski definition) is 2. The van der Waals surface area contributed by atoms with Gasteiger partial charge < -0.3 is 19.5 Å². The van der Waals surface area contributed by atoms with Gasteiger partial charge in [0.15, 0.2) is 5.96 Å². The molecule has 0 aromatic carbocycles. The first-order valence-electron chi connectivity index (χ1n) is 9.30. The molecule has 142 valence electrons. The largest absolute Gasteiger partial charge is 0.382 e. The Bertz CT molecular complexity index is 564. The van der Waals surface area contributed by atoms with E-state index in [0.29, 0.717) is 5.41 Å². The summed E-state index contributed by atoms with van der Waals surface area (Å²) < 4.78 is 8.88. The maximum Gasteiger partial charge on any atom is 0.193 e. The van der Waals surface area contributed by atoms with Gasteiger partial charge in [-0.3, -0.25) is 4.99 Å². The quantitative estimate of drug-likeness (QED) is 0.401. The van der Waals surface area contributed by atoms with Crippen LogP contribution in [-0.4, -0.2) is 49.3 Å². The van der Waals surface area contributed by atoms with Crippen LogP contribution in [0.25, 0.3) is 0 Å². The Labute approximate surface area is 161 Å². The van der Waals surface area contributed by atoms with Crippen LogP contribution in [0.2, 0.25) is 0 Å². The normalized spacial score (nSPS) is 17.1. The number of halogens is 1. The van der Waals surface area contributed by atoms with Crippen molar-refractivity contribution in [3.05, 3.63) is 22.4 Å². The fourth-order valence-corrected chi connectivity index (χ4v) is 4.34. The van der Waals surface area contributed by atoms with E-state index in [1.54, 1.807) is 0 Å². The summed E-state index contributed by atoms with van der Waals surface area (Å²) in [6.07, 6.45) is 8.47. The zero-order valence-corrected chi connectivity index (χ0v) is 17.7. The van der Waals surface area contributed by atoms with E-state index in [4.69, 9.17) is 4.74 Å². The first kappa shape index (κ1) is 20.3. The van der Waals surface area contributed by atoms with Gasteiger partial charge in [0.2, 0.25) is 0 Å². The third-order valence-corrected chi connectivity index (χ3v) is 5.75. The van der Waals surface area contributed by atoms with Crippen molar-refractivity contribution in [2.75, 3.05) is 33.9 Å². The van der Waals surface area contributed by atoms with Crippen molar-refractivity contribution < 1.29 is 4.74 Å². The molecule has 1 aromatic rings. The fourth-order valence-electron chi connectivity index (χ4n) is 3.77. The van der Waals surface area contributed by atoms with Crippen LogP contribution in [0.15, 0.2) is 21.7 Å². The van der Waals surface area contributed by atoms with Crippen LogP contribution in [0.4, 0.5) is 0 Å². The summed E-state index contributed by atoms with van der Waals surface area (Å²) in [5.74, 6) is 0.958. The molecule has 1 saturated carbocycles. The van der Waals surface area contributed by atoms with Crippen molar-refractivity contribution in [2.24, 2.45) is 17.5 Å². The maximum atomic E-state index is 5.62. The van der Waals surface area contributed by atoms with Gasteiger partial charge in [-0.2, -0.15) is 0 Å². The van der Waals surface area contributed by atoms with E-state index in [1.807, 2.05) is 7.05 Å². The molecule has 6 heteroatoms. The Kier molecular flexibility index (Phi) is 7.81. The number of aromatic nitrogens is 1. The molecule has 1 heterocycles. The van der Waals surface area contributed by atoms with Crippen molar-refractivity contribution in [1.29, 1.82) is 0 Å². The highest BCUT2D eigenvalue weighted by atomic mass is 79.9. The minimum atomic E-state index is 0.361. The van der Waals surface area contributed by atoms with Crippen molar-refractivity contribution in [1.82, 2.24) is 14.8 Å². The van der Waals surface area contributed by atoms with E-state index in [2.05, 4.69) is 69.0 Å². The van der Waals surface area contributed by atoms with Crippen LogP contribution >= 0.6 is 15.9 Å². The van der Waals surface area contributed by atoms with Gasteiger partial charge in [-0.05, 0) is 53.6 Å². The molecule has 5 nitrogen and oxygen atoms in total. The Morgan fingerprint density at radius 1 is 1.44 bits per heavy atom. The Morgan fingerprint density at radius 3 is 2.72 bits per heavy atom. The van der Waals surface area contributed by atoms with Gasteiger partial charge in [0.1, 0.15) is 0 Å². The van der Waals surface area contributed by atoms with Crippen LogP contribution in [0.5, 0.6) is 0 Å². The number of guanidine groups is 1. The zero-order chi connectivity index (χ0) is 18.3. The molecule has 0 amide bonds. The lowest BCUT2D eigenvalue weighted by molar-refractivity contribution is 0.104. The summed E-state index contributed by atoms with van der Waals surface area (Å²) in [4.78, 5) is 6.68. The highest BCUT2D eigenvalue weighted by molar-refractivity contribution is 9.10. The summed E-state index contributed by atoms with van der Waals surface area (Å²) in [5.41, 5.74) is 1.61. The van der Waals surface area contributed by atoms with Crippen LogP contribution < -0.4 is 5.32 Å². The lowest BCUT2D eigenvalue weighted by atomic mass is 9.83. The van der Waals surface area contributed by atoms with E-state index in [-0.39, 0.29) is 0 Å². The van der Waals surface area contributed by atoms with E-state index >= 15 is 0 Å². The van der Waals surface area contributed by atoms with Gasteiger partial charge in [-0.25, -0.2) is 0 Å². The van der Waals surface area contributed by atoms with Gasteiger partial charge in [-0.15, -0.1) is 0 Å². The average Bonchev–Trinajstić information content (AvgIpc) is 3.15. The summed E-state index contributed by atoms with van der Waals surface area (Å²) in [7, 11) is 6.03. The molecule has 0 bridgehead atoms. The molecule has 0 saturated heterocycles. The Balaban J connectivity index is 1.92. The molecule has 0 spiro atoms. The Hall–Kier alpha value is -1.01. The predicted molar refractivity (Wildman–Crippen MR) is 108 cm³/mol. The number of hydrogen-bond donors (Lipinski definition) is 1. The second-order valence-corrected chi connectivity index (χ2v) is 8.09. The number of rotatable bonds is 8. The van der Waals surface area contributed by atoms with E-state index < -0.39 is 0 Å². The molecule has 0 unspecified atom stereocenters. The second-order valence-electron chi connectivity index (χ2n) is 7.17. The molecular weight excluding hydrogens is 380 g/mol. The topological polar surface area (TPSA) is 41.8 Å². The maximum absolute atomic E-state index is 5.62. The summed E-state index contributed by atoms with van der Waals surface area (Å²) >= 11 is 3.54. The third-order valence-electron chi connectivity index (χ3n) is 5.31. The second kappa shape index (κ2) is 9.62. The minimum Gasteiger partial charge on any atom is -0.382 e. The first-order valence-corrected chi connectivity index (χ1v) is 10.1. The molecule has 1 aliphatic carbocycles. The molecule has 1 fully saturated rings. The monoisotopic (exact) mass is 412 g/mol. The first-order chi connectivity index (χ1) is 12.0.